The molecule has 2 heterocycles. The molecule has 0 spiro atoms. The van der Waals surface area contributed by atoms with Crippen molar-refractivity contribution in [2.45, 2.75) is 26.0 Å². The van der Waals surface area contributed by atoms with Crippen molar-refractivity contribution in [3.8, 4) is 0 Å². The summed E-state index contributed by atoms with van der Waals surface area (Å²) in [7, 11) is 0. The molecule has 2 unspecified atom stereocenters. The number of urea groups is 1. The molecule has 2 amide bonds. The van der Waals surface area contributed by atoms with E-state index in [1.165, 1.54) is 0 Å². The molecule has 0 aliphatic carbocycles. The second-order valence-electron chi connectivity index (χ2n) is 4.85. The number of unbranched alkanes of at least 4 members (excludes halogenated alkanes) is 1. The fraction of sp³-hybridized carbons (Fsp3) is 0.429. The zero-order valence-electron chi connectivity index (χ0n) is 11.4. The highest BCUT2D eigenvalue weighted by Crippen LogP contribution is 2.40. The van der Waals surface area contributed by atoms with Gasteiger partial charge in [-0.2, -0.15) is 0 Å². The van der Waals surface area contributed by atoms with Crippen LogP contribution in [-0.2, 0) is 9.57 Å². The molecular weight excluding hydrogens is 258 g/mol. The lowest BCUT2D eigenvalue weighted by Crippen LogP contribution is -2.53. The van der Waals surface area contributed by atoms with Crippen LogP contribution in [0, 0.1) is 0 Å². The van der Waals surface area contributed by atoms with Crippen molar-refractivity contribution < 1.29 is 19.1 Å². The molecule has 1 aromatic carbocycles. The quantitative estimate of drug-likeness (QED) is 0.680. The summed E-state index contributed by atoms with van der Waals surface area (Å²) in [5, 5.41) is 7.16. The molecule has 106 valence electrons. The van der Waals surface area contributed by atoms with Gasteiger partial charge in [0.15, 0.2) is 0 Å². The van der Waals surface area contributed by atoms with Gasteiger partial charge in [0.05, 0.1) is 16.5 Å². The molecule has 1 aromatic rings. The van der Waals surface area contributed by atoms with E-state index in [9.17, 15) is 4.79 Å². The van der Waals surface area contributed by atoms with Gasteiger partial charge in [-0.1, -0.05) is 31.5 Å². The number of ether oxygens (including phenoxy) is 1. The number of quaternary nitrogens is 1. The molecule has 0 radical (unpaired) electrons. The number of carbonyl (C=O) groups is 1. The Balaban J connectivity index is 1.88. The predicted octanol–water partition coefficient (Wildman–Crippen LogP) is 2.28. The SMILES string of the molecule is CCCCNC(=O)[N+]12N=Cc3ccccc3C1OCO2. The summed E-state index contributed by atoms with van der Waals surface area (Å²) in [5.41, 5.74) is 1.88. The van der Waals surface area contributed by atoms with Crippen molar-refractivity contribution in [3.05, 3.63) is 35.4 Å². The summed E-state index contributed by atoms with van der Waals surface area (Å²) in [6.45, 7) is 2.74. The zero-order chi connectivity index (χ0) is 14.0. The summed E-state index contributed by atoms with van der Waals surface area (Å²) in [6, 6.07) is 7.45. The van der Waals surface area contributed by atoms with Crippen LogP contribution in [0.1, 0.15) is 37.1 Å². The Hall–Kier alpha value is -1.76. The molecule has 2 atom stereocenters. The lowest BCUT2D eigenvalue weighted by atomic mass is 10.1. The van der Waals surface area contributed by atoms with Gasteiger partial charge in [-0.15, -0.1) is 4.84 Å². The fourth-order valence-corrected chi connectivity index (χ4v) is 2.42. The highest BCUT2D eigenvalue weighted by molar-refractivity contribution is 5.83. The molecule has 0 bridgehead atoms. The molecule has 2 aliphatic heterocycles. The van der Waals surface area contributed by atoms with Crippen LogP contribution in [0.5, 0.6) is 0 Å². The third-order valence-corrected chi connectivity index (χ3v) is 3.52. The second-order valence-corrected chi connectivity index (χ2v) is 4.85. The lowest BCUT2D eigenvalue weighted by molar-refractivity contribution is -1.06. The lowest BCUT2D eigenvalue weighted by Gasteiger charge is -2.28. The van der Waals surface area contributed by atoms with Crippen LogP contribution in [0.3, 0.4) is 0 Å². The fourth-order valence-electron chi connectivity index (χ4n) is 2.42. The second kappa shape index (κ2) is 5.32. The molecule has 1 fully saturated rings. The number of nitrogens with one attached hydrogen (secondary N) is 1. The third kappa shape index (κ3) is 2.02. The summed E-state index contributed by atoms with van der Waals surface area (Å²) in [6.07, 6.45) is 3.09. The van der Waals surface area contributed by atoms with Crippen LogP contribution in [-0.4, -0.2) is 30.3 Å². The van der Waals surface area contributed by atoms with E-state index in [0.29, 0.717) is 6.54 Å². The maximum Gasteiger partial charge on any atom is 0.479 e. The monoisotopic (exact) mass is 276 g/mol. The molecule has 6 nitrogen and oxygen atoms in total. The van der Waals surface area contributed by atoms with Gasteiger partial charge >= 0.3 is 6.03 Å². The van der Waals surface area contributed by atoms with E-state index < -0.39 is 11.0 Å². The van der Waals surface area contributed by atoms with E-state index >= 15 is 0 Å². The Morgan fingerprint density at radius 1 is 1.50 bits per heavy atom. The Bertz CT molecular complexity index is 546. The van der Waals surface area contributed by atoms with Crippen LogP contribution in [0.2, 0.25) is 0 Å². The summed E-state index contributed by atoms with van der Waals surface area (Å²) >= 11 is 0. The van der Waals surface area contributed by atoms with E-state index in [0.717, 1.165) is 24.0 Å². The number of fused-ring (bicyclic) bond motifs is 3. The van der Waals surface area contributed by atoms with Gasteiger partial charge in [0.2, 0.25) is 6.79 Å². The van der Waals surface area contributed by atoms with Crippen molar-refractivity contribution in [1.82, 2.24) is 5.32 Å². The van der Waals surface area contributed by atoms with Crippen LogP contribution in [0.25, 0.3) is 0 Å². The Labute approximate surface area is 117 Å². The minimum Gasteiger partial charge on any atom is -0.301 e. The molecule has 0 saturated carbocycles. The van der Waals surface area contributed by atoms with E-state index in [4.69, 9.17) is 9.57 Å². The molecule has 0 aromatic heterocycles. The third-order valence-electron chi connectivity index (χ3n) is 3.52. The Morgan fingerprint density at radius 2 is 2.35 bits per heavy atom. The number of nitrogens with zero attached hydrogens (tertiary/aromatic N) is 2. The minimum atomic E-state index is -0.530. The maximum absolute atomic E-state index is 12.4. The molecule has 3 rings (SSSR count). The number of hydrogen-bond acceptors (Lipinski definition) is 4. The number of hydrogen-bond donors (Lipinski definition) is 1. The Kier molecular flexibility index (Phi) is 3.52. The summed E-state index contributed by atoms with van der Waals surface area (Å²) in [5.74, 6) is 0. The number of amides is 2. The van der Waals surface area contributed by atoms with Crippen LogP contribution >= 0.6 is 0 Å². The maximum atomic E-state index is 12.4. The van der Waals surface area contributed by atoms with E-state index in [1.807, 2.05) is 24.3 Å². The number of benzene rings is 1. The molecule has 20 heavy (non-hydrogen) atoms. The summed E-state index contributed by atoms with van der Waals surface area (Å²) in [4.78, 5) is 17.9. The number of rotatable bonds is 3. The highest BCUT2D eigenvalue weighted by Gasteiger charge is 2.57. The van der Waals surface area contributed by atoms with Gasteiger partial charge < -0.3 is 5.32 Å². The topological polar surface area (TPSA) is 59.9 Å². The molecule has 1 N–H and O–H groups in total. The number of carbonyl (C=O) groups excluding carboxylic acids is 1. The van der Waals surface area contributed by atoms with E-state index in [2.05, 4.69) is 17.3 Å². The van der Waals surface area contributed by atoms with Crippen LogP contribution in [0.4, 0.5) is 4.79 Å². The van der Waals surface area contributed by atoms with Crippen molar-refractivity contribution in [2.24, 2.45) is 5.10 Å². The van der Waals surface area contributed by atoms with Gasteiger partial charge in [-0.05, 0) is 17.6 Å². The summed E-state index contributed by atoms with van der Waals surface area (Å²) < 4.78 is 5.09. The first-order valence-corrected chi connectivity index (χ1v) is 6.86. The highest BCUT2D eigenvalue weighted by atomic mass is 16.9. The van der Waals surface area contributed by atoms with Crippen molar-refractivity contribution in [2.75, 3.05) is 13.3 Å². The minimum absolute atomic E-state index is 0.0531. The standard InChI is InChI=1S/C14H17N3O3/c1-2-3-8-15-14(18)17-13(19-10-20-17)12-7-5-4-6-11(12)9-16-17/h4-7,9,13H,2-3,8,10H2,1H3/p+1. The van der Waals surface area contributed by atoms with Gasteiger partial charge in [0, 0.05) is 12.1 Å². The van der Waals surface area contributed by atoms with E-state index in [-0.39, 0.29) is 12.8 Å². The zero-order valence-corrected chi connectivity index (χ0v) is 11.4. The number of hydroxylamine groups is 2. The van der Waals surface area contributed by atoms with Gasteiger partial charge in [-0.3, -0.25) is 4.74 Å². The molecule has 1 saturated heterocycles. The smallest absolute Gasteiger partial charge is 0.301 e. The van der Waals surface area contributed by atoms with Crippen molar-refractivity contribution >= 4 is 12.2 Å². The molecule has 2 aliphatic rings. The molecule has 6 heteroatoms. The van der Waals surface area contributed by atoms with Gasteiger partial charge in [0.1, 0.15) is 0 Å². The average molecular weight is 276 g/mol. The van der Waals surface area contributed by atoms with Crippen LogP contribution < -0.4 is 5.32 Å². The predicted molar refractivity (Wildman–Crippen MR) is 72.4 cm³/mol. The van der Waals surface area contributed by atoms with E-state index in [1.54, 1.807) is 6.21 Å². The van der Waals surface area contributed by atoms with Gasteiger partial charge in [0.25, 0.3) is 6.23 Å². The molecular formula is C14H18N3O3+. The largest absolute Gasteiger partial charge is 0.479 e. The first kappa shape index (κ1) is 13.2. The van der Waals surface area contributed by atoms with Gasteiger partial charge in [-0.25, -0.2) is 4.79 Å². The first-order valence-electron chi connectivity index (χ1n) is 6.86. The normalized spacial score (nSPS) is 26.9. The Morgan fingerprint density at radius 3 is 3.20 bits per heavy atom. The first-order chi connectivity index (χ1) is 9.78. The van der Waals surface area contributed by atoms with Crippen molar-refractivity contribution in [3.63, 3.8) is 0 Å². The van der Waals surface area contributed by atoms with Crippen molar-refractivity contribution in [1.29, 1.82) is 0 Å². The average Bonchev–Trinajstić information content (AvgIpc) is 2.93. The van der Waals surface area contributed by atoms with Crippen LogP contribution in [0.15, 0.2) is 29.4 Å².